The average molecular weight is 379 g/mol. The summed E-state index contributed by atoms with van der Waals surface area (Å²) < 4.78 is 17.0. The maximum Gasteiger partial charge on any atom is 0.258 e. The van der Waals surface area contributed by atoms with Gasteiger partial charge in [-0.2, -0.15) is 0 Å². The zero-order valence-corrected chi connectivity index (χ0v) is 16.3. The molecule has 1 aromatic heterocycles. The summed E-state index contributed by atoms with van der Waals surface area (Å²) in [6.45, 7) is 3.72. The number of benzene rings is 2. The van der Waals surface area contributed by atoms with Gasteiger partial charge in [-0.15, -0.1) is 0 Å². The van der Waals surface area contributed by atoms with E-state index < -0.39 is 0 Å². The van der Waals surface area contributed by atoms with Gasteiger partial charge in [-0.1, -0.05) is 30.3 Å². The van der Waals surface area contributed by atoms with Crippen molar-refractivity contribution in [3.63, 3.8) is 0 Å². The van der Waals surface area contributed by atoms with Crippen molar-refractivity contribution in [3.05, 3.63) is 65.4 Å². The fraction of sp³-hybridized carbons (Fsp3) is 0.348. The van der Waals surface area contributed by atoms with Crippen molar-refractivity contribution >= 4 is 16.9 Å². The lowest BCUT2D eigenvalue weighted by Gasteiger charge is -2.25. The van der Waals surface area contributed by atoms with Crippen LogP contribution in [-0.4, -0.2) is 37.2 Å². The van der Waals surface area contributed by atoms with Crippen LogP contribution in [0.5, 0.6) is 5.75 Å². The first kappa shape index (κ1) is 18.6. The van der Waals surface area contributed by atoms with Crippen LogP contribution in [0.1, 0.15) is 34.5 Å². The molecule has 1 aliphatic rings. The lowest BCUT2D eigenvalue weighted by atomic mass is 10.1. The minimum absolute atomic E-state index is 0.0381. The van der Waals surface area contributed by atoms with Crippen LogP contribution in [0.4, 0.5) is 0 Å². The molecule has 1 saturated heterocycles. The van der Waals surface area contributed by atoms with Crippen LogP contribution in [0.15, 0.2) is 52.9 Å². The molecule has 0 radical (unpaired) electrons. The molecule has 1 aliphatic heterocycles. The Morgan fingerprint density at radius 3 is 2.75 bits per heavy atom. The number of methoxy groups -OCH3 is 1. The van der Waals surface area contributed by atoms with Crippen LogP contribution in [0.25, 0.3) is 11.0 Å². The summed E-state index contributed by atoms with van der Waals surface area (Å²) >= 11 is 0. The fourth-order valence-electron chi connectivity index (χ4n) is 3.81. The highest BCUT2D eigenvalue weighted by molar-refractivity contribution is 6.07. The first-order valence-corrected chi connectivity index (χ1v) is 9.67. The van der Waals surface area contributed by atoms with Gasteiger partial charge < -0.3 is 18.8 Å². The lowest BCUT2D eigenvalue weighted by Crippen LogP contribution is -2.37. The molecule has 0 saturated carbocycles. The zero-order valence-electron chi connectivity index (χ0n) is 16.3. The first-order valence-electron chi connectivity index (χ1n) is 9.67. The molecule has 0 spiro atoms. The standard InChI is InChI=1S/C23H25NO4/c1-16-22(20-13-18(26-2)10-11-21(20)28-16)23(25)24(15-19-9-6-12-27-19)14-17-7-4-3-5-8-17/h3-5,7-8,10-11,13,19H,6,9,12,14-15H2,1-2H3. The number of fused-ring (bicyclic) bond motifs is 1. The van der Waals surface area contributed by atoms with Gasteiger partial charge in [-0.25, -0.2) is 0 Å². The number of aryl methyl sites for hydroxylation is 1. The highest BCUT2D eigenvalue weighted by Gasteiger charge is 2.27. The molecule has 2 aromatic carbocycles. The summed E-state index contributed by atoms with van der Waals surface area (Å²) in [7, 11) is 1.62. The number of rotatable bonds is 6. The Hall–Kier alpha value is -2.79. The number of hydrogen-bond donors (Lipinski definition) is 0. The summed E-state index contributed by atoms with van der Waals surface area (Å²) in [6, 6.07) is 15.6. The molecule has 5 nitrogen and oxygen atoms in total. The van der Waals surface area contributed by atoms with Crippen LogP contribution in [0.2, 0.25) is 0 Å². The van der Waals surface area contributed by atoms with E-state index in [1.807, 2.05) is 60.4 Å². The number of amides is 1. The summed E-state index contributed by atoms with van der Waals surface area (Å²) in [5.41, 5.74) is 2.39. The number of carbonyl (C=O) groups excluding carboxylic acids is 1. The van der Waals surface area contributed by atoms with E-state index in [-0.39, 0.29) is 12.0 Å². The van der Waals surface area contributed by atoms with Crippen molar-refractivity contribution in [2.45, 2.75) is 32.4 Å². The van der Waals surface area contributed by atoms with E-state index in [9.17, 15) is 4.79 Å². The minimum atomic E-state index is -0.0381. The molecule has 3 aromatic rings. The summed E-state index contributed by atoms with van der Waals surface area (Å²) in [5.74, 6) is 1.29. The number of carbonyl (C=O) groups is 1. The molecular formula is C23H25NO4. The molecule has 146 valence electrons. The van der Waals surface area contributed by atoms with E-state index >= 15 is 0 Å². The number of nitrogens with zero attached hydrogens (tertiary/aromatic N) is 1. The van der Waals surface area contributed by atoms with Gasteiger partial charge in [-0.05, 0) is 43.5 Å². The molecule has 0 aliphatic carbocycles. The van der Waals surface area contributed by atoms with Crippen molar-refractivity contribution in [3.8, 4) is 5.75 Å². The van der Waals surface area contributed by atoms with Crippen molar-refractivity contribution < 1.29 is 18.7 Å². The van der Waals surface area contributed by atoms with Crippen molar-refractivity contribution in [2.24, 2.45) is 0 Å². The van der Waals surface area contributed by atoms with Gasteiger partial charge in [0.15, 0.2) is 0 Å². The van der Waals surface area contributed by atoms with E-state index in [4.69, 9.17) is 13.9 Å². The van der Waals surface area contributed by atoms with Crippen LogP contribution >= 0.6 is 0 Å². The van der Waals surface area contributed by atoms with Crippen molar-refractivity contribution in [1.82, 2.24) is 4.90 Å². The molecule has 0 bridgehead atoms. The zero-order chi connectivity index (χ0) is 19.5. The topological polar surface area (TPSA) is 51.9 Å². The summed E-state index contributed by atoms with van der Waals surface area (Å²) in [4.78, 5) is 15.5. The number of furan rings is 1. The Labute approximate surface area is 164 Å². The van der Waals surface area contributed by atoms with Crippen LogP contribution in [0.3, 0.4) is 0 Å². The van der Waals surface area contributed by atoms with Gasteiger partial charge >= 0.3 is 0 Å². The summed E-state index contributed by atoms with van der Waals surface area (Å²) in [6.07, 6.45) is 2.11. The predicted molar refractivity (Wildman–Crippen MR) is 108 cm³/mol. The fourth-order valence-corrected chi connectivity index (χ4v) is 3.81. The molecular weight excluding hydrogens is 354 g/mol. The Kier molecular flexibility index (Phi) is 5.35. The Morgan fingerprint density at radius 2 is 2.04 bits per heavy atom. The number of ether oxygens (including phenoxy) is 2. The van der Waals surface area contributed by atoms with Gasteiger partial charge in [-0.3, -0.25) is 4.79 Å². The molecule has 4 rings (SSSR count). The second-order valence-corrected chi connectivity index (χ2v) is 7.20. The normalized spacial score (nSPS) is 16.4. The van der Waals surface area contributed by atoms with Crippen LogP contribution < -0.4 is 4.74 Å². The van der Waals surface area contributed by atoms with Crippen molar-refractivity contribution in [1.29, 1.82) is 0 Å². The van der Waals surface area contributed by atoms with E-state index in [2.05, 4.69) is 0 Å². The molecule has 28 heavy (non-hydrogen) atoms. The van der Waals surface area contributed by atoms with Crippen molar-refractivity contribution in [2.75, 3.05) is 20.3 Å². The maximum atomic E-state index is 13.6. The van der Waals surface area contributed by atoms with E-state index in [0.717, 1.165) is 30.4 Å². The minimum Gasteiger partial charge on any atom is -0.497 e. The van der Waals surface area contributed by atoms with Crippen LogP contribution in [-0.2, 0) is 11.3 Å². The molecule has 5 heteroatoms. The van der Waals surface area contributed by atoms with Gasteiger partial charge in [0.2, 0.25) is 0 Å². The SMILES string of the molecule is COc1ccc2oc(C)c(C(=O)N(Cc3ccccc3)CC3CCCO3)c2c1. The quantitative estimate of drug-likeness (QED) is 0.629. The molecule has 1 amide bonds. The molecule has 0 N–H and O–H groups in total. The largest absolute Gasteiger partial charge is 0.497 e. The van der Waals surface area contributed by atoms with E-state index in [0.29, 0.717) is 35.7 Å². The Bertz CT molecular complexity index is 957. The molecule has 2 heterocycles. The highest BCUT2D eigenvalue weighted by Crippen LogP contribution is 2.30. The van der Waals surface area contributed by atoms with Gasteiger partial charge in [0.1, 0.15) is 17.1 Å². The number of hydrogen-bond acceptors (Lipinski definition) is 4. The lowest BCUT2D eigenvalue weighted by molar-refractivity contribution is 0.0507. The Morgan fingerprint density at radius 1 is 1.21 bits per heavy atom. The molecule has 1 unspecified atom stereocenters. The second kappa shape index (κ2) is 8.07. The van der Waals surface area contributed by atoms with Gasteiger partial charge in [0.25, 0.3) is 5.91 Å². The monoisotopic (exact) mass is 379 g/mol. The molecule has 1 atom stereocenters. The molecule has 1 fully saturated rings. The summed E-state index contributed by atoms with van der Waals surface area (Å²) in [5, 5.41) is 0.784. The predicted octanol–water partition coefficient (Wildman–Crippen LogP) is 4.57. The second-order valence-electron chi connectivity index (χ2n) is 7.20. The van der Waals surface area contributed by atoms with Crippen LogP contribution in [0, 0.1) is 6.92 Å². The third kappa shape index (κ3) is 3.76. The highest BCUT2D eigenvalue weighted by atomic mass is 16.5. The smallest absolute Gasteiger partial charge is 0.258 e. The average Bonchev–Trinajstić information content (AvgIpc) is 3.34. The first-order chi connectivity index (χ1) is 13.7. The van der Waals surface area contributed by atoms with Gasteiger partial charge in [0.05, 0.1) is 18.8 Å². The third-order valence-electron chi connectivity index (χ3n) is 5.24. The Balaban J connectivity index is 1.69. The third-order valence-corrected chi connectivity index (χ3v) is 5.24. The van der Waals surface area contributed by atoms with E-state index in [1.54, 1.807) is 7.11 Å². The maximum absolute atomic E-state index is 13.6. The van der Waals surface area contributed by atoms with Gasteiger partial charge in [0, 0.05) is 25.1 Å². The van der Waals surface area contributed by atoms with E-state index in [1.165, 1.54) is 0 Å².